The Morgan fingerprint density at radius 3 is 2.75 bits per heavy atom. The molecule has 24 heavy (non-hydrogen) atoms. The van der Waals surface area contributed by atoms with E-state index in [0.29, 0.717) is 11.1 Å². The van der Waals surface area contributed by atoms with Crippen LogP contribution in [0.3, 0.4) is 0 Å². The van der Waals surface area contributed by atoms with Crippen LogP contribution in [-0.2, 0) is 0 Å². The molecule has 0 aliphatic heterocycles. The maximum Gasteiger partial charge on any atom is 0.511 e. The second-order valence-electron chi connectivity index (χ2n) is 5.46. The number of nitro groups is 1. The molecule has 2 heterocycles. The van der Waals surface area contributed by atoms with Crippen LogP contribution < -0.4 is 4.74 Å². The lowest BCUT2D eigenvalue weighted by atomic mass is 10.2. The summed E-state index contributed by atoms with van der Waals surface area (Å²) < 4.78 is 7.75. The fourth-order valence-electron chi connectivity index (χ4n) is 2.54. The Kier molecular flexibility index (Phi) is 3.68. The maximum atomic E-state index is 11.3. The molecule has 0 fully saturated rings. The van der Waals surface area contributed by atoms with Gasteiger partial charge in [0.05, 0.1) is 40.1 Å². The van der Waals surface area contributed by atoms with Crippen molar-refractivity contribution in [1.82, 2.24) is 14.3 Å². The lowest BCUT2D eigenvalue weighted by Crippen LogP contribution is -2.02. The maximum absolute atomic E-state index is 11.3. The van der Waals surface area contributed by atoms with Crippen LogP contribution in [0.2, 0.25) is 0 Å². The summed E-state index contributed by atoms with van der Waals surface area (Å²) in [7, 11) is 0. The molecule has 0 unspecified atom stereocenters. The van der Waals surface area contributed by atoms with Crippen molar-refractivity contribution >= 4 is 22.7 Å². The lowest BCUT2D eigenvalue weighted by Gasteiger charge is -2.08. The monoisotopic (exact) mass is 330 g/mol. The summed E-state index contributed by atoms with van der Waals surface area (Å²) >= 11 is 0. The molecule has 0 aliphatic rings. The Hall–Kier alpha value is -3.36. The molecule has 0 spiro atoms. The summed E-state index contributed by atoms with van der Waals surface area (Å²) in [4.78, 5) is 21.4. The van der Waals surface area contributed by atoms with Gasteiger partial charge in [0.25, 0.3) is 5.69 Å². The Labute approximate surface area is 135 Å². The van der Waals surface area contributed by atoms with Crippen LogP contribution in [0.4, 0.5) is 10.5 Å². The SMILES string of the molecule is CC(C)n1cc([N+](=O)[O-])c2cc(-n3cc(OC(=O)O)cn3)ccc21. The summed E-state index contributed by atoms with van der Waals surface area (Å²) in [5.74, 6) is 0.0665. The predicted molar refractivity (Wildman–Crippen MR) is 84.8 cm³/mol. The number of hydrogen-bond acceptors (Lipinski definition) is 5. The standard InChI is InChI=1S/C15H14N4O5/c1-9(2)17-8-14(19(22)23)12-5-10(3-4-13(12)17)18-7-11(6-16-18)24-15(20)21/h3-9H,1-2H3,(H,20,21). The van der Waals surface area contributed by atoms with Gasteiger partial charge in [0.2, 0.25) is 0 Å². The van der Waals surface area contributed by atoms with Crippen LogP contribution in [0.25, 0.3) is 16.6 Å². The number of hydrogen-bond donors (Lipinski definition) is 1. The van der Waals surface area contributed by atoms with Crippen molar-refractivity contribution in [1.29, 1.82) is 0 Å². The van der Waals surface area contributed by atoms with Gasteiger partial charge in [-0.3, -0.25) is 10.1 Å². The Morgan fingerprint density at radius 1 is 1.38 bits per heavy atom. The third-order valence-corrected chi connectivity index (χ3v) is 3.58. The molecular weight excluding hydrogens is 316 g/mol. The van der Waals surface area contributed by atoms with E-state index >= 15 is 0 Å². The summed E-state index contributed by atoms with van der Waals surface area (Å²) in [6.07, 6.45) is 2.72. The minimum atomic E-state index is -1.44. The number of fused-ring (bicyclic) bond motifs is 1. The van der Waals surface area contributed by atoms with Crippen molar-refractivity contribution in [3.8, 4) is 11.4 Å². The summed E-state index contributed by atoms with van der Waals surface area (Å²) in [5.41, 5.74) is 1.32. The normalized spacial score (nSPS) is 11.1. The van der Waals surface area contributed by atoms with Gasteiger partial charge in [-0.2, -0.15) is 5.10 Å². The first-order valence-electron chi connectivity index (χ1n) is 7.11. The van der Waals surface area contributed by atoms with E-state index in [0.717, 1.165) is 5.52 Å². The fraction of sp³-hybridized carbons (Fsp3) is 0.200. The van der Waals surface area contributed by atoms with Gasteiger partial charge in [0.15, 0.2) is 5.75 Å². The van der Waals surface area contributed by atoms with Crippen LogP contribution in [0.5, 0.6) is 5.75 Å². The van der Waals surface area contributed by atoms with Gasteiger partial charge < -0.3 is 14.4 Å². The van der Waals surface area contributed by atoms with E-state index in [9.17, 15) is 14.9 Å². The van der Waals surface area contributed by atoms with E-state index in [1.165, 1.54) is 23.3 Å². The number of nitrogens with zero attached hydrogens (tertiary/aromatic N) is 4. The second kappa shape index (κ2) is 5.69. The van der Waals surface area contributed by atoms with Crippen molar-refractivity contribution in [3.63, 3.8) is 0 Å². The summed E-state index contributed by atoms with van der Waals surface area (Å²) in [5, 5.41) is 24.4. The van der Waals surface area contributed by atoms with E-state index in [4.69, 9.17) is 5.11 Å². The number of benzene rings is 1. The largest absolute Gasteiger partial charge is 0.511 e. The zero-order valence-electron chi connectivity index (χ0n) is 12.9. The number of carboxylic acid groups (broad SMARTS) is 1. The highest BCUT2D eigenvalue weighted by Gasteiger charge is 2.19. The third kappa shape index (κ3) is 2.67. The van der Waals surface area contributed by atoms with E-state index in [-0.39, 0.29) is 17.5 Å². The molecule has 9 nitrogen and oxygen atoms in total. The van der Waals surface area contributed by atoms with Gasteiger partial charge in [-0.25, -0.2) is 9.48 Å². The average molecular weight is 330 g/mol. The van der Waals surface area contributed by atoms with Crippen molar-refractivity contribution < 1.29 is 19.6 Å². The highest BCUT2D eigenvalue weighted by molar-refractivity contribution is 5.91. The van der Waals surface area contributed by atoms with Gasteiger partial charge in [-0.1, -0.05) is 0 Å². The molecule has 124 valence electrons. The van der Waals surface area contributed by atoms with E-state index in [1.807, 2.05) is 18.4 Å². The van der Waals surface area contributed by atoms with Crippen molar-refractivity contribution in [2.75, 3.05) is 0 Å². The highest BCUT2D eigenvalue weighted by atomic mass is 16.7. The number of rotatable bonds is 4. The van der Waals surface area contributed by atoms with Crippen LogP contribution in [-0.4, -0.2) is 30.5 Å². The lowest BCUT2D eigenvalue weighted by molar-refractivity contribution is -0.383. The van der Waals surface area contributed by atoms with Crippen LogP contribution >= 0.6 is 0 Å². The van der Waals surface area contributed by atoms with Gasteiger partial charge in [0.1, 0.15) is 0 Å². The van der Waals surface area contributed by atoms with Crippen LogP contribution in [0, 0.1) is 10.1 Å². The molecule has 0 saturated carbocycles. The van der Waals surface area contributed by atoms with Crippen molar-refractivity contribution in [2.45, 2.75) is 19.9 Å². The number of carbonyl (C=O) groups is 1. The van der Waals surface area contributed by atoms with Crippen LogP contribution in [0.15, 0.2) is 36.8 Å². The molecule has 3 aromatic rings. The molecule has 0 atom stereocenters. The summed E-state index contributed by atoms with van der Waals surface area (Å²) in [6.45, 7) is 3.89. The first-order valence-corrected chi connectivity index (χ1v) is 7.11. The van der Waals surface area contributed by atoms with Gasteiger partial charge in [0, 0.05) is 6.04 Å². The van der Waals surface area contributed by atoms with E-state index in [1.54, 1.807) is 18.2 Å². The van der Waals surface area contributed by atoms with E-state index < -0.39 is 11.1 Å². The minimum absolute atomic E-state index is 0.00900. The quantitative estimate of drug-likeness (QED) is 0.446. The Balaban J connectivity index is 2.10. The molecule has 9 heteroatoms. The third-order valence-electron chi connectivity index (χ3n) is 3.58. The molecular formula is C15H14N4O5. The fourth-order valence-corrected chi connectivity index (χ4v) is 2.54. The summed E-state index contributed by atoms with van der Waals surface area (Å²) in [6, 6.07) is 5.25. The predicted octanol–water partition coefficient (Wildman–Crippen LogP) is 3.37. The first kappa shape index (κ1) is 15.5. The molecule has 1 aromatic carbocycles. The highest BCUT2D eigenvalue weighted by Crippen LogP contribution is 2.32. The number of aromatic nitrogens is 3. The zero-order chi connectivity index (χ0) is 17.4. The molecule has 0 radical (unpaired) electrons. The smallest absolute Gasteiger partial charge is 0.449 e. The second-order valence-corrected chi connectivity index (χ2v) is 5.46. The molecule has 0 saturated heterocycles. The number of ether oxygens (including phenoxy) is 1. The molecule has 1 N–H and O–H groups in total. The Morgan fingerprint density at radius 2 is 2.12 bits per heavy atom. The van der Waals surface area contributed by atoms with E-state index in [2.05, 4.69) is 9.84 Å². The molecule has 0 aliphatic carbocycles. The Bertz CT molecular complexity index is 941. The molecule has 2 aromatic heterocycles. The topological polar surface area (TPSA) is 112 Å². The van der Waals surface area contributed by atoms with Gasteiger partial charge in [-0.05, 0) is 32.0 Å². The molecule has 0 bridgehead atoms. The minimum Gasteiger partial charge on any atom is -0.449 e. The molecule has 3 rings (SSSR count). The van der Waals surface area contributed by atoms with Crippen molar-refractivity contribution in [3.05, 3.63) is 46.9 Å². The van der Waals surface area contributed by atoms with Gasteiger partial charge >= 0.3 is 6.16 Å². The average Bonchev–Trinajstić information content (AvgIpc) is 3.10. The van der Waals surface area contributed by atoms with Gasteiger partial charge in [-0.15, -0.1) is 0 Å². The zero-order valence-corrected chi connectivity index (χ0v) is 12.9. The molecule has 0 amide bonds. The van der Waals surface area contributed by atoms with Crippen LogP contribution in [0.1, 0.15) is 19.9 Å². The first-order chi connectivity index (χ1) is 11.4. The van der Waals surface area contributed by atoms with Crippen molar-refractivity contribution in [2.24, 2.45) is 0 Å².